The van der Waals surface area contributed by atoms with Crippen molar-refractivity contribution in [3.05, 3.63) is 63.7 Å². The van der Waals surface area contributed by atoms with Gasteiger partial charge in [0.1, 0.15) is 5.75 Å². The van der Waals surface area contributed by atoms with E-state index in [0.717, 1.165) is 23.3 Å². The van der Waals surface area contributed by atoms with E-state index in [1.54, 1.807) is 6.07 Å². The minimum absolute atomic E-state index is 0.427. The van der Waals surface area contributed by atoms with Crippen LogP contribution >= 0.6 is 0 Å². The Labute approximate surface area is 150 Å². The fourth-order valence-electron chi connectivity index (χ4n) is 2.06. The Morgan fingerprint density at radius 3 is 2.58 bits per heavy atom. The number of nitrogens with zero attached hydrogens (tertiary/aromatic N) is 1. The summed E-state index contributed by atoms with van der Waals surface area (Å²) in [4.78, 5) is 23.2. The van der Waals surface area contributed by atoms with E-state index in [9.17, 15) is 23.3 Å². The van der Waals surface area contributed by atoms with Gasteiger partial charge < -0.3 is 4.74 Å². The molecule has 0 fully saturated rings. The quantitative estimate of drug-likeness (QED) is 0.555. The SMILES string of the molecule is Cc1ccc(C)c(OCC(=O)NNS(=O)(=O)c2ccccc2[N+](=O)[O-])c1. The Morgan fingerprint density at radius 1 is 1.19 bits per heavy atom. The minimum atomic E-state index is -4.31. The summed E-state index contributed by atoms with van der Waals surface area (Å²) in [5.74, 6) is -0.255. The normalized spacial score (nSPS) is 11.0. The van der Waals surface area contributed by atoms with Crippen molar-refractivity contribution in [2.24, 2.45) is 0 Å². The number of nitrogens with one attached hydrogen (secondary N) is 2. The van der Waals surface area contributed by atoms with Crippen LogP contribution in [0.25, 0.3) is 0 Å². The maximum absolute atomic E-state index is 12.2. The topological polar surface area (TPSA) is 128 Å². The van der Waals surface area contributed by atoms with E-state index in [1.807, 2.05) is 36.2 Å². The summed E-state index contributed by atoms with van der Waals surface area (Å²) in [7, 11) is -4.31. The first-order valence-corrected chi connectivity index (χ1v) is 8.93. The molecule has 0 radical (unpaired) electrons. The fourth-order valence-corrected chi connectivity index (χ4v) is 3.09. The number of carbonyl (C=O) groups excluding carboxylic acids is 1. The first-order valence-electron chi connectivity index (χ1n) is 7.45. The summed E-state index contributed by atoms with van der Waals surface area (Å²) in [6.07, 6.45) is 0. The van der Waals surface area contributed by atoms with Gasteiger partial charge in [-0.05, 0) is 37.1 Å². The highest BCUT2D eigenvalue weighted by molar-refractivity contribution is 7.89. The second-order valence-corrected chi connectivity index (χ2v) is 7.09. The fraction of sp³-hybridized carbons (Fsp3) is 0.188. The number of carbonyl (C=O) groups is 1. The van der Waals surface area contributed by atoms with Gasteiger partial charge in [0.15, 0.2) is 11.5 Å². The van der Waals surface area contributed by atoms with Crippen molar-refractivity contribution < 1.29 is 22.9 Å². The van der Waals surface area contributed by atoms with Gasteiger partial charge in [-0.25, -0.2) is 8.42 Å². The van der Waals surface area contributed by atoms with Crippen LogP contribution in [0.4, 0.5) is 5.69 Å². The number of nitro groups is 1. The number of benzene rings is 2. The molecule has 26 heavy (non-hydrogen) atoms. The van der Waals surface area contributed by atoms with Crippen molar-refractivity contribution in [3.63, 3.8) is 0 Å². The van der Waals surface area contributed by atoms with Crippen LogP contribution in [0, 0.1) is 24.0 Å². The Balaban J connectivity index is 2.00. The first kappa shape index (κ1) is 19.3. The lowest BCUT2D eigenvalue weighted by Gasteiger charge is -2.11. The van der Waals surface area contributed by atoms with E-state index in [1.165, 1.54) is 12.1 Å². The smallest absolute Gasteiger partial charge is 0.289 e. The molecule has 0 saturated carbocycles. The van der Waals surface area contributed by atoms with Crippen molar-refractivity contribution in [2.45, 2.75) is 18.7 Å². The lowest BCUT2D eigenvalue weighted by molar-refractivity contribution is -0.387. The molecule has 0 heterocycles. The summed E-state index contributed by atoms with van der Waals surface area (Å²) < 4.78 is 29.7. The van der Waals surface area contributed by atoms with Gasteiger partial charge in [0.25, 0.3) is 21.6 Å². The third-order valence-corrected chi connectivity index (χ3v) is 4.67. The monoisotopic (exact) mass is 379 g/mol. The van der Waals surface area contributed by atoms with Crippen LogP contribution in [0.5, 0.6) is 5.75 Å². The van der Waals surface area contributed by atoms with Crippen LogP contribution in [0.15, 0.2) is 47.4 Å². The molecule has 10 heteroatoms. The van der Waals surface area contributed by atoms with Gasteiger partial charge in [0.05, 0.1) is 4.92 Å². The molecule has 0 saturated heterocycles. The van der Waals surface area contributed by atoms with Gasteiger partial charge in [-0.2, -0.15) is 0 Å². The van der Waals surface area contributed by atoms with Crippen molar-refractivity contribution in [1.82, 2.24) is 10.3 Å². The predicted molar refractivity (Wildman–Crippen MR) is 93.0 cm³/mol. The zero-order valence-electron chi connectivity index (χ0n) is 14.1. The van der Waals surface area contributed by atoms with Crippen LogP contribution in [0.3, 0.4) is 0 Å². The van der Waals surface area contributed by atoms with Gasteiger partial charge in [-0.1, -0.05) is 24.3 Å². The van der Waals surface area contributed by atoms with E-state index < -0.39 is 38.0 Å². The third kappa shape index (κ3) is 4.77. The number of aryl methyl sites for hydroxylation is 2. The summed E-state index contributed by atoms with van der Waals surface area (Å²) in [6.45, 7) is 3.25. The Kier molecular flexibility index (Phi) is 5.90. The molecule has 2 aromatic carbocycles. The molecule has 0 atom stereocenters. The summed E-state index contributed by atoms with van der Waals surface area (Å²) in [6, 6.07) is 10.3. The minimum Gasteiger partial charge on any atom is -0.483 e. The number of sulfonamides is 1. The van der Waals surface area contributed by atoms with Crippen LogP contribution in [0.2, 0.25) is 0 Å². The number of para-hydroxylation sites is 1. The zero-order chi connectivity index (χ0) is 19.3. The number of hydrogen-bond donors (Lipinski definition) is 2. The van der Waals surface area contributed by atoms with Gasteiger partial charge in [0, 0.05) is 6.07 Å². The number of nitro benzene ring substituents is 1. The molecule has 0 unspecified atom stereocenters. The summed E-state index contributed by atoms with van der Waals surface area (Å²) in [5.41, 5.74) is 3.14. The Hall–Kier alpha value is -2.98. The standard InChI is InChI=1S/C16H17N3O6S/c1-11-7-8-12(2)14(9-11)25-10-16(20)17-18-26(23,24)15-6-4-3-5-13(15)19(21)22/h3-9,18H,10H2,1-2H3,(H,17,20). The maximum Gasteiger partial charge on any atom is 0.289 e. The highest BCUT2D eigenvalue weighted by atomic mass is 32.2. The molecule has 0 bridgehead atoms. The lowest BCUT2D eigenvalue weighted by Crippen LogP contribution is -2.43. The molecule has 0 spiro atoms. The molecule has 0 aliphatic heterocycles. The van der Waals surface area contributed by atoms with E-state index in [0.29, 0.717) is 5.75 Å². The molecule has 9 nitrogen and oxygen atoms in total. The van der Waals surface area contributed by atoms with Crippen LogP contribution < -0.4 is 15.0 Å². The maximum atomic E-state index is 12.2. The number of rotatable bonds is 7. The average molecular weight is 379 g/mol. The second kappa shape index (κ2) is 7.93. The predicted octanol–water partition coefficient (Wildman–Crippen LogP) is 1.60. The molecule has 1 amide bonds. The average Bonchev–Trinajstić information content (AvgIpc) is 2.60. The number of amides is 1. The van der Waals surface area contributed by atoms with Gasteiger partial charge in [-0.3, -0.25) is 20.3 Å². The van der Waals surface area contributed by atoms with E-state index >= 15 is 0 Å². The van der Waals surface area contributed by atoms with Crippen molar-refractivity contribution in [2.75, 3.05) is 6.61 Å². The number of hydrogen-bond acceptors (Lipinski definition) is 6. The van der Waals surface area contributed by atoms with Gasteiger partial charge in [0.2, 0.25) is 0 Å². The molecule has 2 N–H and O–H groups in total. The van der Waals surface area contributed by atoms with Gasteiger partial charge in [-0.15, -0.1) is 4.83 Å². The number of ether oxygens (including phenoxy) is 1. The van der Waals surface area contributed by atoms with E-state index in [-0.39, 0.29) is 0 Å². The van der Waals surface area contributed by atoms with E-state index in [2.05, 4.69) is 0 Å². The second-order valence-electron chi connectivity index (χ2n) is 5.44. The van der Waals surface area contributed by atoms with Crippen LogP contribution in [-0.4, -0.2) is 25.9 Å². The molecule has 0 aliphatic rings. The molecule has 138 valence electrons. The largest absolute Gasteiger partial charge is 0.483 e. The zero-order valence-corrected chi connectivity index (χ0v) is 14.9. The van der Waals surface area contributed by atoms with Crippen molar-refractivity contribution >= 4 is 21.6 Å². The molecular weight excluding hydrogens is 362 g/mol. The Bertz CT molecular complexity index is 943. The van der Waals surface area contributed by atoms with Crippen LogP contribution in [-0.2, 0) is 14.8 Å². The molecule has 0 aliphatic carbocycles. The van der Waals surface area contributed by atoms with E-state index in [4.69, 9.17) is 4.74 Å². The number of hydrazine groups is 1. The highest BCUT2D eigenvalue weighted by Gasteiger charge is 2.25. The first-order chi connectivity index (χ1) is 12.2. The lowest BCUT2D eigenvalue weighted by atomic mass is 10.1. The Morgan fingerprint density at radius 2 is 1.88 bits per heavy atom. The van der Waals surface area contributed by atoms with Crippen molar-refractivity contribution in [3.8, 4) is 5.75 Å². The molecular formula is C16H17N3O6S. The molecule has 2 aromatic rings. The van der Waals surface area contributed by atoms with Crippen molar-refractivity contribution in [1.29, 1.82) is 0 Å². The van der Waals surface area contributed by atoms with Crippen LogP contribution in [0.1, 0.15) is 11.1 Å². The summed E-state index contributed by atoms with van der Waals surface area (Å²) in [5, 5.41) is 10.9. The van der Waals surface area contributed by atoms with Gasteiger partial charge >= 0.3 is 0 Å². The third-order valence-electron chi connectivity index (χ3n) is 3.38. The molecule has 2 rings (SSSR count). The highest BCUT2D eigenvalue weighted by Crippen LogP contribution is 2.22. The molecule has 0 aromatic heterocycles. The summed E-state index contributed by atoms with van der Waals surface area (Å²) >= 11 is 0.